The minimum atomic E-state index is -1.43. The van der Waals surface area contributed by atoms with Gasteiger partial charge in [0.2, 0.25) is 0 Å². The Bertz CT molecular complexity index is 979. The number of rotatable bonds is 4. The van der Waals surface area contributed by atoms with E-state index in [0.717, 1.165) is 16.8 Å². The summed E-state index contributed by atoms with van der Waals surface area (Å²) in [6.07, 6.45) is -2.16. The van der Waals surface area contributed by atoms with Gasteiger partial charge in [0.25, 0.3) is 0 Å². The second-order valence-electron chi connectivity index (χ2n) is 6.88. The molecule has 8 nitrogen and oxygen atoms in total. The van der Waals surface area contributed by atoms with Crippen molar-refractivity contribution in [3.8, 4) is 0 Å². The zero-order valence-corrected chi connectivity index (χ0v) is 15.5. The summed E-state index contributed by atoms with van der Waals surface area (Å²) in [5, 5.41) is 44.4. The third kappa shape index (κ3) is 3.50. The molecule has 4 N–H and O–H groups in total. The maximum atomic E-state index is 10.4. The highest BCUT2D eigenvalue weighted by molar-refractivity contribution is 6.31. The quantitative estimate of drug-likeness (QED) is 0.498. The van der Waals surface area contributed by atoms with Gasteiger partial charge in [0.05, 0.1) is 6.61 Å². The smallest absolute Gasteiger partial charge is 0.155 e. The highest BCUT2D eigenvalue weighted by Crippen LogP contribution is 2.34. The van der Waals surface area contributed by atoms with Crippen molar-refractivity contribution in [3.63, 3.8) is 0 Å². The first-order chi connectivity index (χ1) is 13.5. The molecular weight excluding hydrogens is 386 g/mol. The highest BCUT2D eigenvalue weighted by Gasteiger charge is 2.43. The summed E-state index contributed by atoms with van der Waals surface area (Å²) in [7, 11) is 0. The van der Waals surface area contributed by atoms with Gasteiger partial charge in [-0.25, -0.2) is 9.50 Å². The molecule has 1 aliphatic heterocycles. The number of ether oxygens (including phenoxy) is 1. The lowest BCUT2D eigenvalue weighted by Crippen LogP contribution is -2.55. The zero-order chi connectivity index (χ0) is 19.8. The molecule has 1 saturated heterocycles. The summed E-state index contributed by atoms with van der Waals surface area (Å²) in [6, 6.07) is 8.97. The fourth-order valence-electron chi connectivity index (χ4n) is 3.47. The van der Waals surface area contributed by atoms with E-state index in [2.05, 4.69) is 10.1 Å². The summed E-state index contributed by atoms with van der Waals surface area (Å²) in [5.41, 5.74) is 3.10. The van der Waals surface area contributed by atoms with Crippen molar-refractivity contribution in [3.05, 3.63) is 64.6 Å². The van der Waals surface area contributed by atoms with Gasteiger partial charge in [0.15, 0.2) is 5.65 Å². The molecule has 3 unspecified atom stereocenters. The maximum absolute atomic E-state index is 10.4. The van der Waals surface area contributed by atoms with E-state index in [4.69, 9.17) is 16.3 Å². The van der Waals surface area contributed by atoms with Crippen molar-refractivity contribution >= 4 is 17.2 Å². The molecule has 1 fully saturated rings. The predicted octanol–water partition coefficient (Wildman–Crippen LogP) is 0.488. The lowest BCUT2D eigenvalue weighted by molar-refractivity contribution is -0.231. The number of aliphatic hydroxyl groups is 4. The molecule has 3 aromatic rings. The second kappa shape index (κ2) is 7.75. The molecule has 1 aliphatic rings. The Hall–Kier alpha value is -2.07. The minimum absolute atomic E-state index is 0.472. The average Bonchev–Trinajstić information content (AvgIpc) is 3.16. The molecule has 9 heteroatoms. The van der Waals surface area contributed by atoms with Gasteiger partial charge in [-0.1, -0.05) is 29.8 Å². The van der Waals surface area contributed by atoms with E-state index in [0.29, 0.717) is 17.0 Å². The van der Waals surface area contributed by atoms with E-state index in [1.54, 1.807) is 22.7 Å². The Morgan fingerprint density at radius 2 is 1.89 bits per heavy atom. The Morgan fingerprint density at radius 1 is 1.07 bits per heavy atom. The molecule has 0 bridgehead atoms. The van der Waals surface area contributed by atoms with Gasteiger partial charge in [0, 0.05) is 17.6 Å². The summed E-state index contributed by atoms with van der Waals surface area (Å²) >= 11 is 6.36. The van der Waals surface area contributed by atoms with E-state index in [9.17, 15) is 20.4 Å². The summed E-state index contributed by atoms with van der Waals surface area (Å²) in [5.74, 6) is 0. The van der Waals surface area contributed by atoms with E-state index in [1.165, 1.54) is 6.33 Å². The van der Waals surface area contributed by atoms with Crippen molar-refractivity contribution in [1.82, 2.24) is 14.6 Å². The van der Waals surface area contributed by atoms with Crippen LogP contribution in [0.1, 0.15) is 22.8 Å². The second-order valence-corrected chi connectivity index (χ2v) is 7.28. The van der Waals surface area contributed by atoms with E-state index < -0.39 is 37.1 Å². The molecule has 2 aromatic heterocycles. The molecule has 0 saturated carbocycles. The third-order valence-electron chi connectivity index (χ3n) is 5.02. The molecular formula is C19H20ClN3O5. The van der Waals surface area contributed by atoms with Crippen molar-refractivity contribution in [2.24, 2.45) is 0 Å². The number of halogens is 1. The van der Waals surface area contributed by atoms with Gasteiger partial charge in [-0.15, -0.1) is 0 Å². The molecule has 28 heavy (non-hydrogen) atoms. The molecule has 0 spiro atoms. The number of aliphatic hydroxyl groups excluding tert-OH is 4. The summed E-state index contributed by atoms with van der Waals surface area (Å²) in [6.45, 7) is -0.472. The van der Waals surface area contributed by atoms with Gasteiger partial charge in [0.1, 0.15) is 36.8 Å². The highest BCUT2D eigenvalue weighted by atomic mass is 35.5. The minimum Gasteiger partial charge on any atom is -0.394 e. The molecule has 0 aliphatic carbocycles. The number of hydrogen-bond donors (Lipinski definition) is 4. The van der Waals surface area contributed by atoms with Gasteiger partial charge < -0.3 is 25.2 Å². The Kier molecular flexibility index (Phi) is 5.33. The number of benzene rings is 1. The number of nitrogens with zero attached hydrogens (tertiary/aromatic N) is 3. The molecule has 148 valence electrons. The van der Waals surface area contributed by atoms with Gasteiger partial charge >= 0.3 is 0 Å². The first-order valence-electron chi connectivity index (χ1n) is 8.85. The zero-order valence-electron chi connectivity index (χ0n) is 14.8. The maximum Gasteiger partial charge on any atom is 0.155 e. The van der Waals surface area contributed by atoms with Crippen molar-refractivity contribution in [2.75, 3.05) is 6.61 Å². The third-order valence-corrected chi connectivity index (χ3v) is 5.39. The lowest BCUT2D eigenvalue weighted by atomic mass is 9.90. The van der Waals surface area contributed by atoms with Crippen LogP contribution in [0.3, 0.4) is 0 Å². The van der Waals surface area contributed by atoms with E-state index >= 15 is 0 Å². The van der Waals surface area contributed by atoms with Gasteiger partial charge in [-0.05, 0) is 28.8 Å². The van der Waals surface area contributed by atoms with Crippen molar-refractivity contribution < 1.29 is 25.2 Å². The van der Waals surface area contributed by atoms with Crippen LogP contribution in [0.5, 0.6) is 0 Å². The topological polar surface area (TPSA) is 120 Å². The van der Waals surface area contributed by atoms with Gasteiger partial charge in [-0.3, -0.25) is 0 Å². The monoisotopic (exact) mass is 405 g/mol. The first kappa shape index (κ1) is 19.3. The predicted molar refractivity (Wildman–Crippen MR) is 100.0 cm³/mol. The van der Waals surface area contributed by atoms with Crippen molar-refractivity contribution in [2.45, 2.75) is 36.9 Å². The summed E-state index contributed by atoms with van der Waals surface area (Å²) in [4.78, 5) is 4.11. The number of hydrogen-bond acceptors (Lipinski definition) is 7. The lowest BCUT2D eigenvalue weighted by Gasteiger charge is -2.40. The number of pyridine rings is 1. The molecule has 0 radical (unpaired) electrons. The van der Waals surface area contributed by atoms with Crippen LogP contribution >= 0.6 is 11.6 Å². The van der Waals surface area contributed by atoms with Crippen LogP contribution in [-0.2, 0) is 11.2 Å². The van der Waals surface area contributed by atoms with Crippen LogP contribution in [-0.4, -0.2) is 66.0 Å². The van der Waals surface area contributed by atoms with Crippen LogP contribution < -0.4 is 0 Å². The fourth-order valence-corrected chi connectivity index (χ4v) is 3.65. The van der Waals surface area contributed by atoms with Crippen molar-refractivity contribution in [1.29, 1.82) is 0 Å². The SMILES string of the molecule is OCC1O[C@@H](c2ccc(Cl)c(Cc3ccc4ncnn4c3)c2)C(O)C(O)[C@@H]1O. The molecule has 0 amide bonds. The molecule has 5 atom stereocenters. The summed E-state index contributed by atoms with van der Waals surface area (Å²) < 4.78 is 7.30. The Balaban J connectivity index is 1.62. The van der Waals surface area contributed by atoms with E-state index in [1.807, 2.05) is 18.3 Å². The van der Waals surface area contributed by atoms with Gasteiger partial charge in [-0.2, -0.15) is 5.10 Å². The molecule has 4 rings (SSSR count). The number of fused-ring (bicyclic) bond motifs is 1. The average molecular weight is 406 g/mol. The largest absolute Gasteiger partial charge is 0.394 e. The van der Waals surface area contributed by atoms with Crippen LogP contribution in [0.2, 0.25) is 5.02 Å². The standard InChI is InChI=1S/C19H20ClN3O5/c20-13-3-2-11(19-18(27)17(26)16(25)14(8-24)28-19)6-12(13)5-10-1-4-15-21-9-22-23(15)7-10/h1-4,6-7,9,14,16-19,24-27H,5,8H2/t14?,16-,17?,18?,19+/m1/s1. The van der Waals surface area contributed by atoms with Crippen LogP contribution in [0.4, 0.5) is 0 Å². The first-order valence-corrected chi connectivity index (χ1v) is 9.23. The Morgan fingerprint density at radius 3 is 2.68 bits per heavy atom. The number of aromatic nitrogens is 3. The van der Waals surface area contributed by atoms with Crippen LogP contribution in [0, 0.1) is 0 Å². The fraction of sp³-hybridized carbons (Fsp3) is 0.368. The Labute approximate surface area is 165 Å². The van der Waals surface area contributed by atoms with E-state index in [-0.39, 0.29) is 0 Å². The van der Waals surface area contributed by atoms with Crippen LogP contribution in [0.15, 0.2) is 42.9 Å². The normalized spacial score (nSPS) is 28.0. The molecule has 3 heterocycles. The molecule has 1 aromatic carbocycles. The van der Waals surface area contributed by atoms with Crippen LogP contribution in [0.25, 0.3) is 5.65 Å².